The van der Waals surface area contributed by atoms with Gasteiger partial charge in [-0.05, 0) is 19.8 Å². The van der Waals surface area contributed by atoms with Crippen molar-refractivity contribution in [2.24, 2.45) is 16.6 Å². The highest BCUT2D eigenvalue weighted by atomic mass is 127. The van der Waals surface area contributed by atoms with Crippen LogP contribution in [0.15, 0.2) is 4.99 Å². The van der Waals surface area contributed by atoms with Crippen molar-refractivity contribution in [1.29, 1.82) is 0 Å². The Morgan fingerprint density at radius 3 is 2.40 bits per heavy atom. The van der Waals surface area contributed by atoms with Gasteiger partial charge in [-0.15, -0.1) is 24.0 Å². The van der Waals surface area contributed by atoms with Gasteiger partial charge in [0.05, 0.1) is 12.1 Å². The summed E-state index contributed by atoms with van der Waals surface area (Å²) in [5.41, 5.74) is 5.42. The van der Waals surface area contributed by atoms with Crippen LogP contribution in [-0.2, 0) is 4.74 Å². The summed E-state index contributed by atoms with van der Waals surface area (Å²) in [6.07, 6.45) is 0. The quantitative estimate of drug-likeness (QED) is 0.457. The van der Waals surface area contributed by atoms with Gasteiger partial charge in [0.1, 0.15) is 0 Å². The molecule has 0 amide bonds. The Morgan fingerprint density at radius 1 is 1.47 bits per heavy atom. The molecule has 0 aromatic carbocycles. The Hall–Kier alpha value is -0.0400. The van der Waals surface area contributed by atoms with Gasteiger partial charge < -0.3 is 15.8 Å². The number of hydrogen-bond donors (Lipinski definition) is 2. The highest BCUT2D eigenvalue weighted by Gasteiger charge is 2.15. The first-order valence-electron chi connectivity index (χ1n) is 4.96. The van der Waals surface area contributed by atoms with E-state index in [2.05, 4.69) is 24.2 Å². The number of rotatable bonds is 5. The highest BCUT2D eigenvalue weighted by molar-refractivity contribution is 14.0. The maximum absolute atomic E-state index is 5.67. The number of ether oxygens (including phenoxy) is 1. The molecule has 0 fully saturated rings. The van der Waals surface area contributed by atoms with E-state index in [1.165, 1.54) is 0 Å². The third kappa shape index (κ3) is 10.2. The van der Waals surface area contributed by atoms with E-state index < -0.39 is 0 Å². The van der Waals surface area contributed by atoms with Crippen LogP contribution in [0.1, 0.15) is 27.7 Å². The van der Waals surface area contributed by atoms with Crippen LogP contribution in [0.3, 0.4) is 0 Å². The van der Waals surface area contributed by atoms with Gasteiger partial charge >= 0.3 is 0 Å². The molecule has 0 saturated heterocycles. The second-order valence-corrected chi connectivity index (χ2v) is 4.44. The monoisotopic (exact) mass is 329 g/mol. The molecule has 0 unspecified atom stereocenters. The zero-order chi connectivity index (χ0) is 11.2. The smallest absolute Gasteiger partial charge is 0.188 e. The molecule has 0 aromatic rings. The van der Waals surface area contributed by atoms with Crippen LogP contribution in [0.4, 0.5) is 0 Å². The van der Waals surface area contributed by atoms with Gasteiger partial charge in [0.15, 0.2) is 5.96 Å². The fourth-order valence-electron chi connectivity index (χ4n) is 0.705. The number of methoxy groups -OCH3 is 1. The van der Waals surface area contributed by atoms with Gasteiger partial charge in [0, 0.05) is 13.7 Å². The van der Waals surface area contributed by atoms with Gasteiger partial charge in [-0.2, -0.15) is 0 Å². The van der Waals surface area contributed by atoms with E-state index in [0.717, 1.165) is 6.54 Å². The van der Waals surface area contributed by atoms with E-state index in [0.29, 0.717) is 18.4 Å². The molecular weight excluding hydrogens is 305 g/mol. The Balaban J connectivity index is 0. The molecule has 0 aliphatic carbocycles. The molecule has 0 heterocycles. The Labute approximate surface area is 110 Å². The van der Waals surface area contributed by atoms with Crippen LogP contribution in [-0.4, -0.2) is 31.8 Å². The van der Waals surface area contributed by atoms with Crippen molar-refractivity contribution in [1.82, 2.24) is 5.32 Å². The first kappa shape index (κ1) is 17.4. The predicted octanol–water partition coefficient (Wildman–Crippen LogP) is 1.59. The zero-order valence-electron chi connectivity index (χ0n) is 10.3. The summed E-state index contributed by atoms with van der Waals surface area (Å²) in [6, 6.07) is 0. The molecule has 0 radical (unpaired) electrons. The minimum atomic E-state index is -0.246. The van der Waals surface area contributed by atoms with E-state index >= 15 is 0 Å². The molecule has 0 aliphatic rings. The lowest BCUT2D eigenvalue weighted by atomic mass is 10.1. The molecule has 0 atom stereocenters. The SMILES string of the molecule is COC(C)(C)CN=C(N)NCC(C)C.I. The third-order valence-electron chi connectivity index (χ3n) is 1.87. The molecule has 5 heteroatoms. The Kier molecular flexibility index (Phi) is 9.43. The molecule has 92 valence electrons. The van der Waals surface area contributed by atoms with Crippen LogP contribution in [0.25, 0.3) is 0 Å². The van der Waals surface area contributed by atoms with Crippen molar-refractivity contribution >= 4 is 29.9 Å². The van der Waals surface area contributed by atoms with Gasteiger partial charge in [-0.3, -0.25) is 4.99 Å². The predicted molar refractivity (Wildman–Crippen MR) is 75.8 cm³/mol. The van der Waals surface area contributed by atoms with Crippen molar-refractivity contribution < 1.29 is 4.74 Å². The lowest BCUT2D eigenvalue weighted by Gasteiger charge is -2.20. The molecular formula is C10H24IN3O. The van der Waals surface area contributed by atoms with Crippen LogP contribution in [0.2, 0.25) is 0 Å². The second kappa shape index (κ2) is 8.15. The van der Waals surface area contributed by atoms with Crippen molar-refractivity contribution in [2.75, 3.05) is 20.2 Å². The molecule has 15 heavy (non-hydrogen) atoms. The lowest BCUT2D eigenvalue weighted by Crippen LogP contribution is -2.36. The summed E-state index contributed by atoms with van der Waals surface area (Å²) >= 11 is 0. The average molecular weight is 329 g/mol. The Bertz CT molecular complexity index is 193. The summed E-state index contributed by atoms with van der Waals surface area (Å²) < 4.78 is 5.22. The largest absolute Gasteiger partial charge is 0.377 e. The summed E-state index contributed by atoms with van der Waals surface area (Å²) in [5.74, 6) is 1.06. The van der Waals surface area contributed by atoms with Gasteiger partial charge in [-0.25, -0.2) is 0 Å². The second-order valence-electron chi connectivity index (χ2n) is 4.44. The van der Waals surface area contributed by atoms with Crippen molar-refractivity contribution in [2.45, 2.75) is 33.3 Å². The van der Waals surface area contributed by atoms with Gasteiger partial charge in [0.2, 0.25) is 0 Å². The first-order chi connectivity index (χ1) is 6.37. The van der Waals surface area contributed by atoms with E-state index in [4.69, 9.17) is 10.5 Å². The topological polar surface area (TPSA) is 59.6 Å². The molecule has 0 saturated carbocycles. The van der Waals surface area contributed by atoms with E-state index in [1.807, 2.05) is 13.8 Å². The lowest BCUT2D eigenvalue weighted by molar-refractivity contribution is 0.0311. The van der Waals surface area contributed by atoms with E-state index in [1.54, 1.807) is 7.11 Å². The van der Waals surface area contributed by atoms with Gasteiger partial charge in [0.25, 0.3) is 0 Å². The fraction of sp³-hybridized carbons (Fsp3) is 0.900. The third-order valence-corrected chi connectivity index (χ3v) is 1.87. The number of aliphatic imine (C=N–C) groups is 1. The van der Waals surface area contributed by atoms with E-state index in [-0.39, 0.29) is 29.6 Å². The summed E-state index contributed by atoms with van der Waals surface area (Å²) in [7, 11) is 1.67. The average Bonchev–Trinajstić information content (AvgIpc) is 2.11. The normalized spacial score (nSPS) is 12.5. The molecule has 4 nitrogen and oxygen atoms in total. The van der Waals surface area contributed by atoms with Gasteiger partial charge in [-0.1, -0.05) is 13.8 Å². The molecule has 0 aromatic heterocycles. The maximum atomic E-state index is 5.67. The number of nitrogens with zero attached hydrogens (tertiary/aromatic N) is 1. The number of guanidine groups is 1. The summed E-state index contributed by atoms with van der Waals surface area (Å²) in [5, 5.41) is 3.05. The van der Waals surface area contributed by atoms with E-state index in [9.17, 15) is 0 Å². The Morgan fingerprint density at radius 2 is 2.00 bits per heavy atom. The standard InChI is InChI=1S/C10H23N3O.HI/c1-8(2)6-12-9(11)13-7-10(3,4)14-5;/h8H,6-7H2,1-5H3,(H3,11,12,13);1H. The van der Waals surface area contributed by atoms with Crippen LogP contribution < -0.4 is 11.1 Å². The van der Waals surface area contributed by atoms with Crippen LogP contribution >= 0.6 is 24.0 Å². The fourth-order valence-corrected chi connectivity index (χ4v) is 0.705. The summed E-state index contributed by atoms with van der Waals surface area (Å²) in [4.78, 5) is 4.20. The number of hydrogen-bond acceptors (Lipinski definition) is 2. The molecule has 0 aliphatic heterocycles. The minimum absolute atomic E-state index is 0. The zero-order valence-corrected chi connectivity index (χ0v) is 12.7. The van der Waals surface area contributed by atoms with Crippen molar-refractivity contribution in [3.63, 3.8) is 0 Å². The molecule has 0 rings (SSSR count). The maximum Gasteiger partial charge on any atom is 0.188 e. The molecule has 3 N–H and O–H groups in total. The first-order valence-corrected chi connectivity index (χ1v) is 4.96. The minimum Gasteiger partial charge on any atom is -0.377 e. The van der Waals surface area contributed by atoms with Crippen molar-refractivity contribution in [3.8, 4) is 0 Å². The summed E-state index contributed by atoms with van der Waals surface area (Å²) in [6.45, 7) is 9.63. The number of nitrogens with two attached hydrogens (primary N) is 1. The molecule has 0 bridgehead atoms. The highest BCUT2D eigenvalue weighted by Crippen LogP contribution is 2.06. The van der Waals surface area contributed by atoms with Crippen molar-refractivity contribution in [3.05, 3.63) is 0 Å². The number of nitrogens with one attached hydrogen (secondary N) is 1. The van der Waals surface area contributed by atoms with Crippen LogP contribution in [0.5, 0.6) is 0 Å². The number of halogens is 1. The van der Waals surface area contributed by atoms with Crippen LogP contribution in [0, 0.1) is 5.92 Å². The molecule has 0 spiro atoms.